The Hall–Kier alpha value is -1.35. The van der Waals surface area contributed by atoms with Gasteiger partial charge in [-0.1, -0.05) is 6.07 Å². The SMILES string of the molecule is CCNC(=NCCc1cn2ccccc2n1)N(C)CCOCC1CC1.I. The summed E-state index contributed by atoms with van der Waals surface area (Å²) in [5.74, 6) is 1.75. The molecule has 26 heavy (non-hydrogen) atoms. The van der Waals surface area contributed by atoms with Crippen molar-refractivity contribution >= 4 is 35.6 Å². The molecular formula is C19H30IN5O. The minimum atomic E-state index is 0. The lowest BCUT2D eigenvalue weighted by Crippen LogP contribution is -2.40. The molecule has 0 atom stereocenters. The van der Waals surface area contributed by atoms with Crippen LogP contribution in [0.25, 0.3) is 5.65 Å². The highest BCUT2D eigenvalue weighted by molar-refractivity contribution is 14.0. The third kappa shape index (κ3) is 6.42. The standard InChI is InChI=1S/C19H29N5O.HI/c1-3-20-19(23(2)12-13-25-15-16-7-8-16)21-10-9-17-14-24-11-5-4-6-18(24)22-17;/h4-6,11,14,16H,3,7-10,12-13,15H2,1-2H3,(H,20,21);1H. The van der Waals surface area contributed by atoms with Crippen LogP contribution in [0.4, 0.5) is 0 Å². The van der Waals surface area contributed by atoms with Crippen molar-refractivity contribution in [3.63, 3.8) is 0 Å². The summed E-state index contributed by atoms with van der Waals surface area (Å²) in [4.78, 5) is 11.5. The molecule has 144 valence electrons. The van der Waals surface area contributed by atoms with Crippen LogP contribution in [0.2, 0.25) is 0 Å². The van der Waals surface area contributed by atoms with Gasteiger partial charge in [0.25, 0.3) is 0 Å². The van der Waals surface area contributed by atoms with Gasteiger partial charge in [-0.2, -0.15) is 0 Å². The van der Waals surface area contributed by atoms with Crippen molar-refractivity contribution in [3.8, 4) is 0 Å². The third-order valence-electron chi connectivity index (χ3n) is 4.36. The Morgan fingerprint density at radius 3 is 3.00 bits per heavy atom. The minimum Gasteiger partial charge on any atom is -0.379 e. The molecule has 1 fully saturated rings. The number of rotatable bonds is 9. The largest absolute Gasteiger partial charge is 0.379 e. The zero-order valence-electron chi connectivity index (χ0n) is 15.7. The fourth-order valence-electron chi connectivity index (χ4n) is 2.70. The van der Waals surface area contributed by atoms with E-state index >= 15 is 0 Å². The van der Waals surface area contributed by atoms with Gasteiger partial charge in [0.1, 0.15) is 5.65 Å². The number of guanidine groups is 1. The Bertz CT molecular complexity index is 665. The maximum atomic E-state index is 5.73. The average Bonchev–Trinajstić information content (AvgIpc) is 3.35. The number of likely N-dealkylation sites (N-methyl/N-ethyl adjacent to an activating group) is 1. The van der Waals surface area contributed by atoms with Crippen LogP contribution in [0, 0.1) is 5.92 Å². The molecule has 2 aromatic heterocycles. The van der Waals surface area contributed by atoms with Gasteiger partial charge in [-0.15, -0.1) is 24.0 Å². The maximum Gasteiger partial charge on any atom is 0.193 e. The van der Waals surface area contributed by atoms with Crippen LogP contribution in [0.5, 0.6) is 0 Å². The van der Waals surface area contributed by atoms with Gasteiger partial charge in [-0.05, 0) is 37.8 Å². The second-order valence-corrected chi connectivity index (χ2v) is 6.62. The van der Waals surface area contributed by atoms with Crippen molar-refractivity contribution in [2.45, 2.75) is 26.2 Å². The van der Waals surface area contributed by atoms with E-state index in [-0.39, 0.29) is 24.0 Å². The van der Waals surface area contributed by atoms with Crippen LogP contribution >= 0.6 is 24.0 Å². The first-order chi connectivity index (χ1) is 12.3. The van der Waals surface area contributed by atoms with Crippen LogP contribution in [0.1, 0.15) is 25.5 Å². The Balaban J connectivity index is 0.00000243. The normalized spacial score (nSPS) is 14.3. The van der Waals surface area contributed by atoms with Gasteiger partial charge >= 0.3 is 0 Å². The number of pyridine rings is 1. The van der Waals surface area contributed by atoms with Crippen LogP contribution < -0.4 is 5.32 Å². The van der Waals surface area contributed by atoms with Crippen LogP contribution in [0.15, 0.2) is 35.6 Å². The molecule has 1 N–H and O–H groups in total. The quantitative estimate of drug-likeness (QED) is 0.265. The Kier molecular flexibility index (Phi) is 8.64. The number of ether oxygens (including phenoxy) is 1. The number of nitrogens with zero attached hydrogens (tertiary/aromatic N) is 4. The lowest BCUT2D eigenvalue weighted by atomic mass is 10.3. The number of aromatic nitrogens is 2. The highest BCUT2D eigenvalue weighted by Gasteiger charge is 2.21. The van der Waals surface area contributed by atoms with E-state index in [2.05, 4.69) is 35.4 Å². The fourth-order valence-corrected chi connectivity index (χ4v) is 2.70. The summed E-state index contributed by atoms with van der Waals surface area (Å²) >= 11 is 0. The number of hydrogen-bond acceptors (Lipinski definition) is 3. The van der Waals surface area contributed by atoms with Gasteiger partial charge in [0.15, 0.2) is 5.96 Å². The van der Waals surface area contributed by atoms with Crippen molar-refractivity contribution < 1.29 is 4.74 Å². The summed E-state index contributed by atoms with van der Waals surface area (Å²) in [5, 5.41) is 3.35. The molecule has 0 spiro atoms. The van der Waals surface area contributed by atoms with Gasteiger partial charge in [0.05, 0.1) is 12.3 Å². The first-order valence-electron chi connectivity index (χ1n) is 9.26. The first-order valence-corrected chi connectivity index (χ1v) is 9.26. The van der Waals surface area contributed by atoms with Gasteiger partial charge in [0.2, 0.25) is 0 Å². The van der Waals surface area contributed by atoms with E-state index in [9.17, 15) is 0 Å². The van der Waals surface area contributed by atoms with Gasteiger partial charge in [-0.3, -0.25) is 4.99 Å². The first kappa shape index (κ1) is 21.0. The zero-order valence-corrected chi connectivity index (χ0v) is 18.1. The minimum absolute atomic E-state index is 0. The molecule has 2 heterocycles. The average molecular weight is 471 g/mol. The van der Waals surface area contributed by atoms with Crippen molar-refractivity contribution in [3.05, 3.63) is 36.3 Å². The number of fused-ring (bicyclic) bond motifs is 1. The maximum absolute atomic E-state index is 5.73. The molecule has 1 aliphatic carbocycles. The molecule has 0 aromatic carbocycles. The second kappa shape index (κ2) is 10.7. The van der Waals surface area contributed by atoms with E-state index in [1.807, 2.05) is 28.8 Å². The summed E-state index contributed by atoms with van der Waals surface area (Å²) in [6.45, 7) is 6.20. The summed E-state index contributed by atoms with van der Waals surface area (Å²) in [6.07, 6.45) is 7.61. The molecule has 7 heteroatoms. The molecule has 0 aliphatic heterocycles. The van der Waals surface area contributed by atoms with Crippen LogP contribution in [-0.4, -0.2) is 60.1 Å². The Morgan fingerprint density at radius 1 is 1.42 bits per heavy atom. The lowest BCUT2D eigenvalue weighted by molar-refractivity contribution is 0.115. The lowest BCUT2D eigenvalue weighted by Gasteiger charge is -2.22. The van der Waals surface area contributed by atoms with E-state index < -0.39 is 0 Å². The predicted molar refractivity (Wildman–Crippen MR) is 116 cm³/mol. The van der Waals surface area contributed by atoms with Crippen LogP contribution in [0.3, 0.4) is 0 Å². The fraction of sp³-hybridized carbons (Fsp3) is 0.579. The highest BCUT2D eigenvalue weighted by atomic mass is 127. The molecule has 3 rings (SSSR count). The summed E-state index contributed by atoms with van der Waals surface area (Å²) in [5.41, 5.74) is 2.06. The van der Waals surface area contributed by atoms with Gasteiger partial charge in [-0.25, -0.2) is 4.98 Å². The number of hydrogen-bond donors (Lipinski definition) is 1. The predicted octanol–water partition coefficient (Wildman–Crippen LogP) is 2.82. The summed E-state index contributed by atoms with van der Waals surface area (Å²) in [6, 6.07) is 6.04. The molecule has 1 aliphatic rings. The molecular weight excluding hydrogens is 441 g/mol. The zero-order chi connectivity index (χ0) is 17.5. The monoisotopic (exact) mass is 471 g/mol. The second-order valence-electron chi connectivity index (χ2n) is 6.62. The van der Waals surface area contributed by atoms with Crippen molar-refractivity contribution in [2.24, 2.45) is 10.9 Å². The molecule has 0 unspecified atom stereocenters. The van der Waals surface area contributed by atoms with E-state index in [1.54, 1.807) is 0 Å². The smallest absolute Gasteiger partial charge is 0.193 e. The number of aliphatic imine (C=N–C) groups is 1. The molecule has 0 amide bonds. The summed E-state index contributed by atoms with van der Waals surface area (Å²) < 4.78 is 7.78. The summed E-state index contributed by atoms with van der Waals surface area (Å²) in [7, 11) is 2.06. The van der Waals surface area contributed by atoms with Crippen LogP contribution in [-0.2, 0) is 11.2 Å². The van der Waals surface area contributed by atoms with E-state index in [1.165, 1.54) is 12.8 Å². The molecule has 0 bridgehead atoms. The van der Waals surface area contributed by atoms with E-state index in [4.69, 9.17) is 9.73 Å². The highest BCUT2D eigenvalue weighted by Crippen LogP contribution is 2.28. The van der Waals surface area contributed by atoms with Gasteiger partial charge in [0, 0.05) is 52.1 Å². The Morgan fingerprint density at radius 2 is 2.27 bits per heavy atom. The van der Waals surface area contributed by atoms with E-state index in [0.717, 1.165) is 62.5 Å². The molecule has 2 aromatic rings. The van der Waals surface area contributed by atoms with Gasteiger partial charge < -0.3 is 19.4 Å². The number of halogens is 1. The molecule has 0 radical (unpaired) electrons. The molecule has 0 saturated heterocycles. The van der Waals surface area contributed by atoms with Crippen molar-refractivity contribution in [2.75, 3.05) is 39.9 Å². The van der Waals surface area contributed by atoms with E-state index in [0.29, 0.717) is 0 Å². The molecule has 6 nitrogen and oxygen atoms in total. The third-order valence-corrected chi connectivity index (χ3v) is 4.36. The topological polar surface area (TPSA) is 54.2 Å². The van der Waals surface area contributed by atoms with Crippen molar-refractivity contribution in [1.29, 1.82) is 0 Å². The Labute approximate surface area is 173 Å². The molecule has 1 saturated carbocycles. The number of nitrogens with one attached hydrogen (secondary N) is 1. The van der Waals surface area contributed by atoms with Crippen molar-refractivity contribution in [1.82, 2.24) is 19.6 Å². The number of imidazole rings is 1.